The summed E-state index contributed by atoms with van der Waals surface area (Å²) in [6.45, 7) is 7.82. The standard InChI is InChI=1S/C14H17BN2O4/c1-13(2)14(3,4)21-15(20-13)9-8-16-10-6-5-7-11(12(9)10)17(18)19/h5-8,16H,1-4H3. The Morgan fingerprint density at radius 3 is 2.38 bits per heavy atom. The highest BCUT2D eigenvalue weighted by atomic mass is 16.7. The maximum absolute atomic E-state index is 11.2. The van der Waals surface area contributed by atoms with Gasteiger partial charge in [0.2, 0.25) is 0 Å². The summed E-state index contributed by atoms with van der Waals surface area (Å²) in [6.07, 6.45) is 1.72. The summed E-state index contributed by atoms with van der Waals surface area (Å²) in [5.41, 5.74) is 0.457. The second kappa shape index (κ2) is 4.32. The van der Waals surface area contributed by atoms with Gasteiger partial charge < -0.3 is 14.3 Å². The summed E-state index contributed by atoms with van der Waals surface area (Å²) in [4.78, 5) is 13.9. The minimum Gasteiger partial charge on any atom is -0.399 e. The number of aromatic nitrogens is 1. The zero-order chi connectivity index (χ0) is 15.4. The lowest BCUT2D eigenvalue weighted by molar-refractivity contribution is -0.383. The average Bonchev–Trinajstić information content (AvgIpc) is 2.88. The Bertz CT molecular complexity index is 707. The molecule has 0 unspecified atom stereocenters. The zero-order valence-corrected chi connectivity index (χ0v) is 12.5. The van der Waals surface area contributed by atoms with Crippen molar-refractivity contribution in [1.29, 1.82) is 0 Å². The van der Waals surface area contributed by atoms with Crippen molar-refractivity contribution in [2.24, 2.45) is 0 Å². The molecule has 2 aromatic rings. The third kappa shape index (κ3) is 2.04. The molecule has 1 aliphatic heterocycles. The number of fused-ring (bicyclic) bond motifs is 1. The predicted octanol–water partition coefficient (Wildman–Crippen LogP) is 2.38. The molecule has 7 heteroatoms. The Labute approximate surface area is 122 Å². The Morgan fingerprint density at radius 1 is 1.19 bits per heavy atom. The van der Waals surface area contributed by atoms with Crippen LogP contribution in [0.1, 0.15) is 27.7 Å². The fraction of sp³-hybridized carbons (Fsp3) is 0.429. The lowest BCUT2D eigenvalue weighted by Crippen LogP contribution is -2.41. The average molecular weight is 288 g/mol. The maximum Gasteiger partial charge on any atom is 0.497 e. The molecule has 3 rings (SSSR count). The number of nitro benzene ring substituents is 1. The van der Waals surface area contributed by atoms with Crippen molar-refractivity contribution >= 4 is 29.2 Å². The maximum atomic E-state index is 11.2. The number of non-ortho nitro benzene ring substituents is 1. The largest absolute Gasteiger partial charge is 0.497 e. The molecule has 1 N–H and O–H groups in total. The Kier molecular flexibility index (Phi) is 2.90. The van der Waals surface area contributed by atoms with Gasteiger partial charge in [0.25, 0.3) is 5.69 Å². The van der Waals surface area contributed by atoms with E-state index in [1.807, 2.05) is 27.7 Å². The van der Waals surface area contributed by atoms with Crippen LogP contribution in [0.15, 0.2) is 24.4 Å². The summed E-state index contributed by atoms with van der Waals surface area (Å²) < 4.78 is 12.0. The second-order valence-corrected chi connectivity index (χ2v) is 6.29. The van der Waals surface area contributed by atoms with Crippen molar-refractivity contribution in [3.8, 4) is 0 Å². The SMILES string of the molecule is CC1(C)OB(c2c[nH]c3cccc([N+](=O)[O-])c23)OC1(C)C. The number of nitrogens with one attached hydrogen (secondary N) is 1. The van der Waals surface area contributed by atoms with E-state index in [1.54, 1.807) is 18.3 Å². The van der Waals surface area contributed by atoms with Crippen LogP contribution in [0.2, 0.25) is 0 Å². The van der Waals surface area contributed by atoms with Gasteiger partial charge in [0, 0.05) is 17.7 Å². The molecule has 0 radical (unpaired) electrons. The zero-order valence-electron chi connectivity index (χ0n) is 12.5. The second-order valence-electron chi connectivity index (χ2n) is 6.29. The van der Waals surface area contributed by atoms with Crippen LogP contribution >= 0.6 is 0 Å². The summed E-state index contributed by atoms with van der Waals surface area (Å²) in [7, 11) is -0.621. The number of nitrogens with zero attached hydrogens (tertiary/aromatic N) is 1. The van der Waals surface area contributed by atoms with Crippen molar-refractivity contribution in [2.75, 3.05) is 0 Å². The lowest BCUT2D eigenvalue weighted by Gasteiger charge is -2.32. The molecule has 0 aliphatic carbocycles. The van der Waals surface area contributed by atoms with Gasteiger partial charge in [-0.25, -0.2) is 0 Å². The number of hydrogen-bond donors (Lipinski definition) is 1. The summed E-state index contributed by atoms with van der Waals surface area (Å²) in [5.74, 6) is 0. The Morgan fingerprint density at radius 2 is 1.81 bits per heavy atom. The highest BCUT2D eigenvalue weighted by Gasteiger charge is 2.52. The van der Waals surface area contributed by atoms with E-state index >= 15 is 0 Å². The van der Waals surface area contributed by atoms with Crippen LogP contribution in [0.3, 0.4) is 0 Å². The first kappa shape index (κ1) is 14.1. The van der Waals surface area contributed by atoms with Crippen LogP contribution in [0.4, 0.5) is 5.69 Å². The van der Waals surface area contributed by atoms with Crippen molar-refractivity contribution in [1.82, 2.24) is 4.98 Å². The first-order valence-corrected chi connectivity index (χ1v) is 6.83. The van der Waals surface area contributed by atoms with Gasteiger partial charge in [-0.15, -0.1) is 0 Å². The number of aromatic amines is 1. The molecule has 110 valence electrons. The first-order chi connectivity index (χ1) is 9.73. The number of benzene rings is 1. The fourth-order valence-corrected chi connectivity index (χ4v) is 2.50. The van der Waals surface area contributed by atoms with E-state index in [1.165, 1.54) is 6.07 Å². The molecule has 0 saturated carbocycles. The molecule has 6 nitrogen and oxygen atoms in total. The third-order valence-corrected chi connectivity index (χ3v) is 4.42. The predicted molar refractivity (Wildman–Crippen MR) is 80.7 cm³/mol. The number of nitro groups is 1. The van der Waals surface area contributed by atoms with Crippen LogP contribution in [-0.4, -0.2) is 28.2 Å². The molecule has 0 spiro atoms. The van der Waals surface area contributed by atoms with Gasteiger partial charge in [0.1, 0.15) is 0 Å². The molecule has 0 atom stereocenters. The van der Waals surface area contributed by atoms with Crippen LogP contribution in [0, 0.1) is 10.1 Å². The highest BCUT2D eigenvalue weighted by Crippen LogP contribution is 2.37. The van der Waals surface area contributed by atoms with Crippen LogP contribution in [-0.2, 0) is 9.31 Å². The molecule has 1 aromatic heterocycles. The molecular weight excluding hydrogens is 271 g/mol. The molecule has 0 amide bonds. The Balaban J connectivity index is 2.13. The lowest BCUT2D eigenvalue weighted by atomic mass is 9.78. The van der Waals surface area contributed by atoms with E-state index in [9.17, 15) is 10.1 Å². The first-order valence-electron chi connectivity index (χ1n) is 6.83. The highest BCUT2D eigenvalue weighted by molar-refractivity contribution is 6.65. The Hall–Kier alpha value is -1.86. The topological polar surface area (TPSA) is 77.4 Å². The van der Waals surface area contributed by atoms with Crippen molar-refractivity contribution in [3.63, 3.8) is 0 Å². The van der Waals surface area contributed by atoms with E-state index < -0.39 is 18.3 Å². The van der Waals surface area contributed by atoms with Gasteiger partial charge in [0.05, 0.1) is 27.0 Å². The fourth-order valence-electron chi connectivity index (χ4n) is 2.50. The van der Waals surface area contributed by atoms with E-state index in [-0.39, 0.29) is 10.6 Å². The molecule has 1 saturated heterocycles. The van der Waals surface area contributed by atoms with Crippen molar-refractivity contribution < 1.29 is 14.2 Å². The summed E-state index contributed by atoms with van der Waals surface area (Å²) in [6, 6.07) is 4.95. The molecule has 0 bridgehead atoms. The van der Waals surface area contributed by atoms with Crippen molar-refractivity contribution in [3.05, 3.63) is 34.5 Å². The number of hydrogen-bond acceptors (Lipinski definition) is 4. The normalized spacial score (nSPS) is 20.1. The molecule has 2 heterocycles. The van der Waals surface area contributed by atoms with Gasteiger partial charge >= 0.3 is 7.12 Å². The van der Waals surface area contributed by atoms with Gasteiger partial charge in [-0.1, -0.05) is 6.07 Å². The van der Waals surface area contributed by atoms with Crippen LogP contribution in [0.5, 0.6) is 0 Å². The molecule has 1 aliphatic rings. The minimum absolute atomic E-state index is 0.0541. The third-order valence-electron chi connectivity index (χ3n) is 4.42. The number of rotatable bonds is 2. The molecular formula is C14H17BN2O4. The van der Waals surface area contributed by atoms with Gasteiger partial charge in [0.15, 0.2) is 0 Å². The van der Waals surface area contributed by atoms with E-state index in [0.29, 0.717) is 16.4 Å². The molecule has 1 fully saturated rings. The van der Waals surface area contributed by atoms with Crippen molar-refractivity contribution in [2.45, 2.75) is 38.9 Å². The smallest absolute Gasteiger partial charge is 0.399 e. The molecule has 1 aromatic carbocycles. The van der Waals surface area contributed by atoms with Crippen LogP contribution in [0.25, 0.3) is 10.9 Å². The quantitative estimate of drug-likeness (QED) is 0.523. The van der Waals surface area contributed by atoms with Gasteiger partial charge in [-0.05, 0) is 33.8 Å². The van der Waals surface area contributed by atoms with Gasteiger partial charge in [-0.2, -0.15) is 0 Å². The summed E-state index contributed by atoms with van der Waals surface area (Å²) >= 11 is 0. The molecule has 21 heavy (non-hydrogen) atoms. The monoisotopic (exact) mass is 288 g/mol. The van der Waals surface area contributed by atoms with E-state index in [0.717, 1.165) is 0 Å². The number of H-pyrrole nitrogens is 1. The van der Waals surface area contributed by atoms with E-state index in [4.69, 9.17) is 9.31 Å². The summed E-state index contributed by atoms with van der Waals surface area (Å²) in [5, 5.41) is 11.8. The van der Waals surface area contributed by atoms with Gasteiger partial charge in [-0.3, -0.25) is 10.1 Å². The van der Waals surface area contributed by atoms with E-state index in [2.05, 4.69) is 4.98 Å². The van der Waals surface area contributed by atoms with Crippen LogP contribution < -0.4 is 5.46 Å². The minimum atomic E-state index is -0.621.